The molecule has 25 heavy (non-hydrogen) atoms. The Morgan fingerprint density at radius 1 is 1.40 bits per heavy atom. The number of fused-ring (bicyclic) bond motifs is 1. The van der Waals surface area contributed by atoms with Crippen LogP contribution in [0.2, 0.25) is 0 Å². The lowest BCUT2D eigenvalue weighted by molar-refractivity contribution is -0.143. The number of hydrogen-bond donors (Lipinski definition) is 2. The van der Waals surface area contributed by atoms with Gasteiger partial charge in [0.25, 0.3) is 0 Å². The average Bonchev–Trinajstić information content (AvgIpc) is 2.56. The Morgan fingerprint density at radius 2 is 2.16 bits per heavy atom. The molecule has 0 fully saturated rings. The van der Waals surface area contributed by atoms with Gasteiger partial charge in [0.05, 0.1) is 12.6 Å². The lowest BCUT2D eigenvalue weighted by atomic mass is 9.90. The maximum Gasteiger partial charge on any atom is 0.305 e. The second kappa shape index (κ2) is 8.74. The van der Waals surface area contributed by atoms with Gasteiger partial charge in [-0.1, -0.05) is 18.2 Å². The van der Waals surface area contributed by atoms with E-state index in [1.54, 1.807) is 7.05 Å². The summed E-state index contributed by atoms with van der Waals surface area (Å²) in [6.45, 7) is 7.08. The van der Waals surface area contributed by atoms with Crippen LogP contribution < -0.4 is 15.4 Å². The minimum Gasteiger partial charge on any atom is -0.487 e. The summed E-state index contributed by atoms with van der Waals surface area (Å²) in [6, 6.07) is 8.21. The van der Waals surface area contributed by atoms with Crippen molar-refractivity contribution in [2.24, 2.45) is 4.99 Å². The van der Waals surface area contributed by atoms with E-state index in [0.29, 0.717) is 26.0 Å². The van der Waals surface area contributed by atoms with E-state index >= 15 is 0 Å². The summed E-state index contributed by atoms with van der Waals surface area (Å²) >= 11 is 0. The molecule has 0 amide bonds. The maximum absolute atomic E-state index is 11.4. The summed E-state index contributed by atoms with van der Waals surface area (Å²) in [6.07, 6.45) is 1.95. The van der Waals surface area contributed by atoms with Crippen molar-refractivity contribution in [3.8, 4) is 5.75 Å². The summed E-state index contributed by atoms with van der Waals surface area (Å²) in [5.74, 6) is 1.47. The molecule has 0 radical (unpaired) electrons. The van der Waals surface area contributed by atoms with Crippen molar-refractivity contribution in [3.63, 3.8) is 0 Å². The van der Waals surface area contributed by atoms with E-state index < -0.39 is 0 Å². The topological polar surface area (TPSA) is 72.0 Å². The van der Waals surface area contributed by atoms with Crippen molar-refractivity contribution >= 4 is 11.9 Å². The largest absolute Gasteiger partial charge is 0.487 e. The zero-order valence-corrected chi connectivity index (χ0v) is 15.6. The lowest BCUT2D eigenvalue weighted by Crippen LogP contribution is -2.45. The van der Waals surface area contributed by atoms with E-state index in [9.17, 15) is 4.79 Å². The van der Waals surface area contributed by atoms with E-state index in [2.05, 4.69) is 35.5 Å². The van der Waals surface area contributed by atoms with Crippen LogP contribution in [0.3, 0.4) is 0 Å². The Labute approximate surface area is 150 Å². The molecule has 6 nitrogen and oxygen atoms in total. The molecule has 138 valence electrons. The highest BCUT2D eigenvalue weighted by molar-refractivity contribution is 5.80. The summed E-state index contributed by atoms with van der Waals surface area (Å²) < 4.78 is 11.0. The molecule has 0 saturated carbocycles. The fourth-order valence-electron chi connectivity index (χ4n) is 2.96. The Hall–Kier alpha value is -2.24. The normalized spacial score (nSPS) is 18.7. The first-order chi connectivity index (χ1) is 11.9. The molecule has 1 heterocycles. The second-order valence-corrected chi connectivity index (χ2v) is 6.71. The Balaban J connectivity index is 1.92. The molecule has 6 heteroatoms. The van der Waals surface area contributed by atoms with Crippen LogP contribution in [0.15, 0.2) is 29.3 Å². The predicted octanol–water partition coefficient (Wildman–Crippen LogP) is 2.80. The van der Waals surface area contributed by atoms with Gasteiger partial charge < -0.3 is 20.1 Å². The predicted molar refractivity (Wildman–Crippen MR) is 98.9 cm³/mol. The molecule has 1 aliphatic heterocycles. The SMILES string of the molecule is CCOC(=O)CCCNC(=NC)NC1CC(C)(C)Oc2ccccc21. The maximum atomic E-state index is 11.4. The van der Waals surface area contributed by atoms with Crippen molar-refractivity contribution in [1.82, 2.24) is 10.6 Å². The number of para-hydroxylation sites is 1. The second-order valence-electron chi connectivity index (χ2n) is 6.71. The first kappa shape index (κ1) is 19.1. The molecular formula is C19H29N3O3. The molecule has 1 unspecified atom stereocenters. The van der Waals surface area contributed by atoms with Crippen LogP contribution in [0.25, 0.3) is 0 Å². The molecule has 1 aliphatic rings. The van der Waals surface area contributed by atoms with Gasteiger partial charge in [0.15, 0.2) is 5.96 Å². The summed E-state index contributed by atoms with van der Waals surface area (Å²) in [7, 11) is 1.75. The van der Waals surface area contributed by atoms with E-state index in [4.69, 9.17) is 9.47 Å². The van der Waals surface area contributed by atoms with Crippen molar-refractivity contribution in [2.45, 2.75) is 51.7 Å². The molecular weight excluding hydrogens is 318 g/mol. The number of nitrogens with one attached hydrogen (secondary N) is 2. The zero-order chi connectivity index (χ0) is 18.3. The number of carbonyl (C=O) groups is 1. The van der Waals surface area contributed by atoms with Crippen LogP contribution in [0.1, 0.15) is 51.6 Å². The number of benzene rings is 1. The molecule has 1 aromatic carbocycles. The van der Waals surface area contributed by atoms with E-state index in [1.807, 2.05) is 25.1 Å². The van der Waals surface area contributed by atoms with Crippen LogP contribution in [0.5, 0.6) is 5.75 Å². The first-order valence-corrected chi connectivity index (χ1v) is 8.86. The molecule has 1 atom stereocenters. The van der Waals surface area contributed by atoms with E-state index in [0.717, 1.165) is 23.7 Å². The highest BCUT2D eigenvalue weighted by Gasteiger charge is 2.33. The molecule has 0 aliphatic carbocycles. The smallest absolute Gasteiger partial charge is 0.305 e. The minimum atomic E-state index is -0.241. The molecule has 0 saturated heterocycles. The highest BCUT2D eigenvalue weighted by Crippen LogP contribution is 2.39. The van der Waals surface area contributed by atoms with Gasteiger partial charge in [-0.15, -0.1) is 0 Å². The third-order valence-electron chi connectivity index (χ3n) is 4.07. The number of esters is 1. The Bertz CT molecular complexity index is 614. The van der Waals surface area contributed by atoms with Crippen molar-refractivity contribution < 1.29 is 14.3 Å². The van der Waals surface area contributed by atoms with Gasteiger partial charge in [0.1, 0.15) is 11.4 Å². The number of aliphatic imine (C=N–C) groups is 1. The quantitative estimate of drug-likeness (QED) is 0.358. The van der Waals surface area contributed by atoms with Crippen molar-refractivity contribution in [3.05, 3.63) is 29.8 Å². The molecule has 2 N–H and O–H groups in total. The third-order valence-corrected chi connectivity index (χ3v) is 4.07. The molecule has 1 aromatic rings. The van der Waals surface area contributed by atoms with Gasteiger partial charge in [-0.2, -0.15) is 0 Å². The molecule has 2 rings (SSSR count). The lowest BCUT2D eigenvalue weighted by Gasteiger charge is -2.38. The summed E-state index contributed by atoms with van der Waals surface area (Å²) in [5, 5.41) is 6.74. The monoisotopic (exact) mass is 347 g/mol. The van der Waals surface area contributed by atoms with Gasteiger partial charge in [-0.05, 0) is 33.3 Å². The summed E-state index contributed by atoms with van der Waals surface area (Å²) in [4.78, 5) is 15.7. The van der Waals surface area contributed by atoms with Crippen LogP contribution in [-0.2, 0) is 9.53 Å². The van der Waals surface area contributed by atoms with E-state index in [-0.39, 0.29) is 17.6 Å². The number of hydrogen-bond acceptors (Lipinski definition) is 4. The first-order valence-electron chi connectivity index (χ1n) is 8.86. The van der Waals surface area contributed by atoms with Crippen molar-refractivity contribution in [2.75, 3.05) is 20.2 Å². The number of rotatable bonds is 6. The zero-order valence-electron chi connectivity index (χ0n) is 15.6. The van der Waals surface area contributed by atoms with E-state index in [1.165, 1.54) is 0 Å². The van der Waals surface area contributed by atoms with Gasteiger partial charge in [-0.25, -0.2) is 0 Å². The molecule has 0 bridgehead atoms. The molecule has 0 spiro atoms. The van der Waals surface area contributed by atoms with Crippen LogP contribution in [0.4, 0.5) is 0 Å². The summed E-state index contributed by atoms with van der Waals surface area (Å²) in [5.41, 5.74) is 0.894. The Morgan fingerprint density at radius 3 is 2.88 bits per heavy atom. The third kappa shape index (κ3) is 5.66. The fraction of sp³-hybridized carbons (Fsp3) is 0.579. The number of ether oxygens (including phenoxy) is 2. The standard InChI is InChI=1S/C19H29N3O3/c1-5-24-17(23)11-8-12-21-18(20-4)22-15-13-19(2,3)25-16-10-7-6-9-14(15)16/h6-7,9-10,15H,5,8,11-13H2,1-4H3,(H2,20,21,22). The average molecular weight is 347 g/mol. The van der Waals surface area contributed by atoms with Gasteiger partial charge in [-0.3, -0.25) is 9.79 Å². The molecule has 0 aromatic heterocycles. The van der Waals surface area contributed by atoms with Gasteiger partial charge in [0.2, 0.25) is 0 Å². The van der Waals surface area contributed by atoms with Gasteiger partial charge in [0, 0.05) is 32.0 Å². The number of carbonyl (C=O) groups excluding carboxylic acids is 1. The van der Waals surface area contributed by atoms with Crippen LogP contribution >= 0.6 is 0 Å². The van der Waals surface area contributed by atoms with Crippen LogP contribution in [0, 0.1) is 0 Å². The fourth-order valence-corrected chi connectivity index (χ4v) is 2.96. The minimum absolute atomic E-state index is 0.121. The highest BCUT2D eigenvalue weighted by atomic mass is 16.5. The van der Waals surface area contributed by atoms with Gasteiger partial charge >= 0.3 is 5.97 Å². The number of guanidine groups is 1. The van der Waals surface area contributed by atoms with Crippen molar-refractivity contribution in [1.29, 1.82) is 0 Å². The Kier molecular flexibility index (Phi) is 6.67. The number of nitrogens with zero attached hydrogens (tertiary/aromatic N) is 1. The van der Waals surface area contributed by atoms with Crippen LogP contribution in [-0.4, -0.2) is 37.7 Å².